The average Bonchev–Trinajstić information content (AvgIpc) is 2.89. The first-order chi connectivity index (χ1) is 10.0. The van der Waals surface area contributed by atoms with Crippen molar-refractivity contribution in [1.82, 2.24) is 9.80 Å². The van der Waals surface area contributed by atoms with Gasteiger partial charge in [-0.3, -0.25) is 14.5 Å². The maximum absolute atomic E-state index is 12.0. The molecule has 0 aliphatic carbocycles. The summed E-state index contributed by atoms with van der Waals surface area (Å²) in [5.74, 6) is 0.655. The lowest BCUT2D eigenvalue weighted by molar-refractivity contribution is -0.138. The molecule has 0 aromatic carbocycles. The van der Waals surface area contributed by atoms with Gasteiger partial charge in [-0.05, 0) is 25.1 Å². The molecular formula is C15H20N2O4. The van der Waals surface area contributed by atoms with E-state index in [2.05, 4.69) is 4.90 Å². The summed E-state index contributed by atoms with van der Waals surface area (Å²) >= 11 is 0. The molecule has 6 nitrogen and oxygen atoms in total. The lowest BCUT2D eigenvalue weighted by atomic mass is 10.2. The highest BCUT2D eigenvalue weighted by Crippen LogP contribution is 2.09. The van der Waals surface area contributed by atoms with Gasteiger partial charge in [0.2, 0.25) is 5.91 Å². The van der Waals surface area contributed by atoms with E-state index in [4.69, 9.17) is 9.52 Å². The van der Waals surface area contributed by atoms with E-state index < -0.39 is 5.97 Å². The van der Waals surface area contributed by atoms with E-state index in [0.717, 1.165) is 5.76 Å². The van der Waals surface area contributed by atoms with Crippen LogP contribution in [0.25, 0.3) is 6.08 Å². The molecule has 2 rings (SSSR count). The Bertz CT molecular complexity index is 528. The van der Waals surface area contributed by atoms with E-state index in [1.54, 1.807) is 11.0 Å². The Hall–Kier alpha value is -2.08. The summed E-state index contributed by atoms with van der Waals surface area (Å²) in [6, 6.07) is 3.67. The van der Waals surface area contributed by atoms with E-state index in [1.165, 1.54) is 6.08 Å². The molecule has 0 saturated carbocycles. The summed E-state index contributed by atoms with van der Waals surface area (Å²) in [6.45, 7) is 5.08. The number of nitrogens with zero attached hydrogens (tertiary/aromatic N) is 2. The van der Waals surface area contributed by atoms with E-state index in [0.29, 0.717) is 38.5 Å². The zero-order valence-electron chi connectivity index (χ0n) is 12.1. The van der Waals surface area contributed by atoms with Crippen LogP contribution in [0, 0.1) is 6.92 Å². The molecule has 2 heterocycles. The second-order valence-electron chi connectivity index (χ2n) is 5.09. The molecule has 1 amide bonds. The van der Waals surface area contributed by atoms with Crippen LogP contribution in [-0.2, 0) is 9.59 Å². The minimum absolute atomic E-state index is 0.0399. The number of carboxylic acid groups (broad SMARTS) is 1. The van der Waals surface area contributed by atoms with E-state index in [-0.39, 0.29) is 12.3 Å². The Balaban J connectivity index is 1.77. The highest BCUT2D eigenvalue weighted by atomic mass is 16.4. The van der Waals surface area contributed by atoms with Gasteiger partial charge < -0.3 is 14.4 Å². The number of piperazine rings is 1. The highest BCUT2D eigenvalue weighted by Gasteiger charge is 2.19. The number of hydrogen-bond acceptors (Lipinski definition) is 4. The topological polar surface area (TPSA) is 74.0 Å². The first-order valence-electron chi connectivity index (χ1n) is 7.02. The van der Waals surface area contributed by atoms with Gasteiger partial charge >= 0.3 is 5.97 Å². The zero-order chi connectivity index (χ0) is 15.2. The van der Waals surface area contributed by atoms with Crippen LogP contribution in [0.1, 0.15) is 17.9 Å². The standard InChI is InChI=1S/C15H20N2O4/c1-12-2-3-13(21-12)4-5-14(18)17-10-8-16(9-11-17)7-6-15(19)20/h2-5H,6-11H2,1H3,(H,19,20)/b5-4+. The predicted octanol–water partition coefficient (Wildman–Crippen LogP) is 1.22. The number of furan rings is 1. The van der Waals surface area contributed by atoms with Crippen LogP contribution in [0.4, 0.5) is 0 Å². The number of rotatable bonds is 5. The third-order valence-corrected chi connectivity index (χ3v) is 3.48. The molecule has 0 radical (unpaired) electrons. The predicted molar refractivity (Wildman–Crippen MR) is 77.8 cm³/mol. The monoisotopic (exact) mass is 292 g/mol. The Morgan fingerprint density at radius 3 is 2.57 bits per heavy atom. The number of carboxylic acids is 1. The molecule has 114 valence electrons. The summed E-state index contributed by atoms with van der Waals surface area (Å²) in [6.07, 6.45) is 3.34. The van der Waals surface area contributed by atoms with Crippen LogP contribution in [0.5, 0.6) is 0 Å². The molecule has 0 bridgehead atoms. The molecule has 1 aromatic rings. The Kier molecular flexibility index (Phi) is 5.16. The molecule has 6 heteroatoms. The van der Waals surface area contributed by atoms with Crippen LogP contribution in [0.3, 0.4) is 0 Å². The number of amides is 1. The smallest absolute Gasteiger partial charge is 0.304 e. The first kappa shape index (κ1) is 15.3. The Morgan fingerprint density at radius 1 is 1.29 bits per heavy atom. The van der Waals surface area contributed by atoms with E-state index in [1.807, 2.05) is 19.1 Å². The fourth-order valence-corrected chi connectivity index (χ4v) is 2.25. The number of aliphatic carboxylic acids is 1. The van der Waals surface area contributed by atoms with Crippen LogP contribution in [-0.4, -0.2) is 59.5 Å². The van der Waals surface area contributed by atoms with Crippen molar-refractivity contribution in [3.8, 4) is 0 Å². The third-order valence-electron chi connectivity index (χ3n) is 3.48. The molecule has 0 atom stereocenters. The molecule has 21 heavy (non-hydrogen) atoms. The van der Waals surface area contributed by atoms with Gasteiger partial charge in [0.05, 0.1) is 6.42 Å². The summed E-state index contributed by atoms with van der Waals surface area (Å²) in [7, 11) is 0. The lowest BCUT2D eigenvalue weighted by Gasteiger charge is -2.33. The number of carbonyl (C=O) groups excluding carboxylic acids is 1. The van der Waals surface area contributed by atoms with Crippen molar-refractivity contribution >= 4 is 18.0 Å². The fourth-order valence-electron chi connectivity index (χ4n) is 2.25. The third kappa shape index (κ3) is 4.75. The summed E-state index contributed by atoms with van der Waals surface area (Å²) < 4.78 is 5.37. The van der Waals surface area contributed by atoms with Gasteiger partial charge in [0, 0.05) is 38.8 Å². The highest BCUT2D eigenvalue weighted by molar-refractivity contribution is 5.91. The van der Waals surface area contributed by atoms with Gasteiger partial charge in [-0.15, -0.1) is 0 Å². The summed E-state index contributed by atoms with van der Waals surface area (Å²) in [4.78, 5) is 26.4. The van der Waals surface area contributed by atoms with E-state index in [9.17, 15) is 9.59 Å². The minimum atomic E-state index is -0.787. The second-order valence-corrected chi connectivity index (χ2v) is 5.09. The summed E-state index contributed by atoms with van der Waals surface area (Å²) in [5, 5.41) is 8.66. The van der Waals surface area contributed by atoms with Crippen LogP contribution in [0.15, 0.2) is 22.6 Å². The molecule has 1 saturated heterocycles. The molecule has 1 aromatic heterocycles. The molecule has 1 aliphatic heterocycles. The van der Waals surface area contributed by atoms with Crippen LogP contribution < -0.4 is 0 Å². The van der Waals surface area contributed by atoms with Gasteiger partial charge in [-0.1, -0.05) is 0 Å². The molecule has 1 fully saturated rings. The lowest BCUT2D eigenvalue weighted by Crippen LogP contribution is -2.48. The molecule has 0 spiro atoms. The van der Waals surface area contributed by atoms with E-state index >= 15 is 0 Å². The number of carbonyl (C=O) groups is 2. The van der Waals surface area contributed by atoms with Crippen molar-refractivity contribution in [2.75, 3.05) is 32.7 Å². The number of hydrogen-bond donors (Lipinski definition) is 1. The quantitative estimate of drug-likeness (QED) is 0.826. The van der Waals surface area contributed by atoms with Gasteiger partial charge in [-0.2, -0.15) is 0 Å². The van der Waals surface area contributed by atoms with Crippen LogP contribution >= 0.6 is 0 Å². The average molecular weight is 292 g/mol. The van der Waals surface area contributed by atoms with Gasteiger partial charge in [-0.25, -0.2) is 0 Å². The van der Waals surface area contributed by atoms with Crippen molar-refractivity contribution < 1.29 is 19.1 Å². The SMILES string of the molecule is Cc1ccc(/C=C/C(=O)N2CCN(CCC(=O)O)CC2)o1. The first-order valence-corrected chi connectivity index (χ1v) is 7.02. The van der Waals surface area contributed by atoms with Crippen molar-refractivity contribution in [3.63, 3.8) is 0 Å². The zero-order valence-corrected chi connectivity index (χ0v) is 12.1. The van der Waals surface area contributed by atoms with Gasteiger partial charge in [0.1, 0.15) is 11.5 Å². The van der Waals surface area contributed by atoms with Crippen molar-refractivity contribution in [3.05, 3.63) is 29.7 Å². The second kappa shape index (κ2) is 7.08. The largest absolute Gasteiger partial charge is 0.481 e. The molecule has 1 aliphatic rings. The Morgan fingerprint density at radius 2 is 2.00 bits per heavy atom. The van der Waals surface area contributed by atoms with Crippen molar-refractivity contribution in [2.45, 2.75) is 13.3 Å². The normalized spacial score (nSPS) is 16.5. The molecular weight excluding hydrogens is 272 g/mol. The number of aryl methyl sites for hydroxylation is 1. The summed E-state index contributed by atoms with van der Waals surface area (Å²) in [5.41, 5.74) is 0. The maximum atomic E-state index is 12.0. The molecule has 0 unspecified atom stereocenters. The minimum Gasteiger partial charge on any atom is -0.481 e. The van der Waals surface area contributed by atoms with Crippen LogP contribution in [0.2, 0.25) is 0 Å². The van der Waals surface area contributed by atoms with Crippen molar-refractivity contribution in [2.24, 2.45) is 0 Å². The Labute approximate surface area is 123 Å². The van der Waals surface area contributed by atoms with Crippen molar-refractivity contribution in [1.29, 1.82) is 0 Å². The fraction of sp³-hybridized carbons (Fsp3) is 0.467. The molecule has 1 N–H and O–H groups in total. The van der Waals surface area contributed by atoms with Gasteiger partial charge in [0.25, 0.3) is 0 Å². The van der Waals surface area contributed by atoms with Gasteiger partial charge in [0.15, 0.2) is 0 Å². The maximum Gasteiger partial charge on any atom is 0.304 e.